The van der Waals surface area contributed by atoms with Gasteiger partial charge in [-0.2, -0.15) is 15.0 Å². The number of hydrogen-bond donors (Lipinski definition) is 2. The highest BCUT2D eigenvalue weighted by Gasteiger charge is 2.28. The molecular weight excluding hydrogens is 232 g/mol. The zero-order valence-electron chi connectivity index (χ0n) is 11.1. The summed E-state index contributed by atoms with van der Waals surface area (Å²) in [5.74, 6) is 7.57. The van der Waals surface area contributed by atoms with Crippen LogP contribution in [0, 0.1) is 11.8 Å². The molecular formula is C11H20N6O. The van der Waals surface area contributed by atoms with Crippen LogP contribution in [-0.2, 0) is 0 Å². The summed E-state index contributed by atoms with van der Waals surface area (Å²) >= 11 is 0. The van der Waals surface area contributed by atoms with Gasteiger partial charge >= 0.3 is 6.01 Å². The molecule has 100 valence electrons. The molecule has 0 spiro atoms. The molecule has 7 heteroatoms. The summed E-state index contributed by atoms with van der Waals surface area (Å²) in [5, 5.41) is 0. The van der Waals surface area contributed by atoms with Gasteiger partial charge in [0.05, 0.1) is 6.61 Å². The maximum Gasteiger partial charge on any atom is 0.323 e. The van der Waals surface area contributed by atoms with E-state index in [0.29, 0.717) is 36.3 Å². The molecule has 1 fully saturated rings. The number of nitrogens with two attached hydrogens (primary N) is 1. The standard InChI is InChI=1S/C11H20N6O/c1-4-18-11-14-9(16-12)13-10(15-11)17-5-7(2)8(3)6-17/h7-8H,4-6,12H2,1-3H3,(H,13,14,15,16). The quantitative estimate of drug-likeness (QED) is 0.600. The number of nitrogens with one attached hydrogen (secondary N) is 1. The lowest BCUT2D eigenvalue weighted by Gasteiger charge is -2.16. The number of rotatable bonds is 4. The first-order valence-corrected chi connectivity index (χ1v) is 6.24. The van der Waals surface area contributed by atoms with Crippen molar-refractivity contribution in [3.05, 3.63) is 0 Å². The Hall–Kier alpha value is -1.63. The van der Waals surface area contributed by atoms with E-state index in [1.807, 2.05) is 6.92 Å². The minimum Gasteiger partial charge on any atom is -0.464 e. The fourth-order valence-electron chi connectivity index (χ4n) is 2.04. The van der Waals surface area contributed by atoms with Gasteiger partial charge in [-0.3, -0.25) is 5.43 Å². The first kappa shape index (κ1) is 12.8. The van der Waals surface area contributed by atoms with Crippen LogP contribution in [0.15, 0.2) is 0 Å². The highest BCUT2D eigenvalue weighted by atomic mass is 16.5. The minimum atomic E-state index is 0.308. The predicted octanol–water partition coefficient (Wildman–Crippen LogP) is 0.648. The maximum atomic E-state index is 5.36. The van der Waals surface area contributed by atoms with Crippen LogP contribution >= 0.6 is 0 Å². The second kappa shape index (κ2) is 5.34. The Balaban J connectivity index is 2.24. The number of hydrogen-bond acceptors (Lipinski definition) is 7. The van der Waals surface area contributed by atoms with Crippen molar-refractivity contribution in [2.24, 2.45) is 17.7 Å². The summed E-state index contributed by atoms with van der Waals surface area (Å²) in [6, 6.07) is 0.308. The normalized spacial score (nSPS) is 23.2. The van der Waals surface area contributed by atoms with Crippen LogP contribution in [0.5, 0.6) is 6.01 Å². The van der Waals surface area contributed by atoms with Crippen LogP contribution in [-0.4, -0.2) is 34.6 Å². The summed E-state index contributed by atoms with van der Waals surface area (Å²) in [6.07, 6.45) is 0. The molecule has 0 aromatic carbocycles. The van der Waals surface area contributed by atoms with Gasteiger partial charge in [-0.15, -0.1) is 0 Å². The zero-order valence-corrected chi connectivity index (χ0v) is 11.1. The second-order valence-electron chi connectivity index (χ2n) is 4.68. The fourth-order valence-corrected chi connectivity index (χ4v) is 2.04. The average Bonchev–Trinajstić information content (AvgIpc) is 2.70. The van der Waals surface area contributed by atoms with Crippen LogP contribution < -0.4 is 20.9 Å². The van der Waals surface area contributed by atoms with E-state index in [1.165, 1.54) is 0 Å². The van der Waals surface area contributed by atoms with E-state index in [1.54, 1.807) is 0 Å². The largest absolute Gasteiger partial charge is 0.464 e. The van der Waals surface area contributed by atoms with E-state index in [2.05, 4.69) is 39.1 Å². The molecule has 2 heterocycles. The Morgan fingerprint density at radius 1 is 1.28 bits per heavy atom. The Morgan fingerprint density at radius 3 is 2.50 bits per heavy atom. The van der Waals surface area contributed by atoms with Crippen molar-refractivity contribution in [2.75, 3.05) is 30.0 Å². The first-order valence-electron chi connectivity index (χ1n) is 6.24. The molecule has 1 aliphatic heterocycles. The molecule has 1 aromatic rings. The van der Waals surface area contributed by atoms with Gasteiger partial charge in [-0.05, 0) is 18.8 Å². The van der Waals surface area contributed by atoms with Gasteiger partial charge in [0, 0.05) is 13.1 Å². The predicted molar refractivity (Wildman–Crippen MR) is 69.3 cm³/mol. The third-order valence-electron chi connectivity index (χ3n) is 3.28. The van der Waals surface area contributed by atoms with Crippen molar-refractivity contribution in [3.8, 4) is 6.01 Å². The van der Waals surface area contributed by atoms with Crippen LogP contribution in [0.3, 0.4) is 0 Å². The smallest absolute Gasteiger partial charge is 0.323 e. The van der Waals surface area contributed by atoms with Crippen molar-refractivity contribution >= 4 is 11.9 Å². The third kappa shape index (κ3) is 2.61. The molecule has 1 saturated heterocycles. The highest BCUT2D eigenvalue weighted by molar-refractivity contribution is 5.39. The molecule has 0 amide bonds. The molecule has 1 aliphatic rings. The van der Waals surface area contributed by atoms with E-state index in [9.17, 15) is 0 Å². The summed E-state index contributed by atoms with van der Waals surface area (Å²) in [4.78, 5) is 14.8. The van der Waals surface area contributed by atoms with Crippen molar-refractivity contribution in [2.45, 2.75) is 20.8 Å². The lowest BCUT2D eigenvalue weighted by molar-refractivity contribution is 0.312. The average molecular weight is 252 g/mol. The Bertz CT molecular complexity index is 403. The van der Waals surface area contributed by atoms with Crippen molar-refractivity contribution in [1.82, 2.24) is 15.0 Å². The molecule has 1 aromatic heterocycles. The lowest BCUT2D eigenvalue weighted by atomic mass is 10.0. The van der Waals surface area contributed by atoms with Gasteiger partial charge in [0.2, 0.25) is 11.9 Å². The highest BCUT2D eigenvalue weighted by Crippen LogP contribution is 2.26. The number of hydrazine groups is 1. The number of nitrogen functional groups attached to an aromatic ring is 1. The lowest BCUT2D eigenvalue weighted by Crippen LogP contribution is -2.24. The van der Waals surface area contributed by atoms with E-state index >= 15 is 0 Å². The number of nitrogens with zero attached hydrogens (tertiary/aromatic N) is 4. The second-order valence-corrected chi connectivity index (χ2v) is 4.68. The fraction of sp³-hybridized carbons (Fsp3) is 0.727. The van der Waals surface area contributed by atoms with Gasteiger partial charge in [0.15, 0.2) is 0 Å². The third-order valence-corrected chi connectivity index (χ3v) is 3.28. The summed E-state index contributed by atoms with van der Waals surface area (Å²) in [5.41, 5.74) is 2.44. The van der Waals surface area contributed by atoms with E-state index in [-0.39, 0.29) is 0 Å². The Morgan fingerprint density at radius 2 is 1.94 bits per heavy atom. The molecule has 2 atom stereocenters. The van der Waals surface area contributed by atoms with Crippen molar-refractivity contribution in [3.63, 3.8) is 0 Å². The molecule has 0 bridgehead atoms. The van der Waals surface area contributed by atoms with Crippen molar-refractivity contribution < 1.29 is 4.74 Å². The maximum absolute atomic E-state index is 5.36. The molecule has 0 saturated carbocycles. The molecule has 7 nitrogen and oxygen atoms in total. The summed E-state index contributed by atoms with van der Waals surface area (Å²) in [7, 11) is 0. The van der Waals surface area contributed by atoms with E-state index < -0.39 is 0 Å². The van der Waals surface area contributed by atoms with Crippen LogP contribution in [0.2, 0.25) is 0 Å². The van der Waals surface area contributed by atoms with Crippen LogP contribution in [0.1, 0.15) is 20.8 Å². The molecule has 2 rings (SSSR count). The molecule has 0 aliphatic carbocycles. The first-order chi connectivity index (χ1) is 8.63. The van der Waals surface area contributed by atoms with Gasteiger partial charge in [0.25, 0.3) is 0 Å². The van der Waals surface area contributed by atoms with E-state index in [0.717, 1.165) is 13.1 Å². The number of aromatic nitrogens is 3. The van der Waals surface area contributed by atoms with Gasteiger partial charge in [-0.25, -0.2) is 5.84 Å². The molecule has 0 radical (unpaired) electrons. The topological polar surface area (TPSA) is 89.2 Å². The number of anilines is 2. The van der Waals surface area contributed by atoms with Gasteiger partial charge in [-0.1, -0.05) is 13.8 Å². The van der Waals surface area contributed by atoms with Crippen LogP contribution in [0.25, 0.3) is 0 Å². The Labute approximate surface area is 107 Å². The minimum absolute atomic E-state index is 0.308. The molecule has 2 unspecified atom stereocenters. The van der Waals surface area contributed by atoms with Gasteiger partial charge < -0.3 is 9.64 Å². The SMILES string of the molecule is CCOc1nc(NN)nc(N2CC(C)C(C)C2)n1. The number of ether oxygens (including phenoxy) is 1. The molecule has 3 N–H and O–H groups in total. The monoisotopic (exact) mass is 252 g/mol. The van der Waals surface area contributed by atoms with Gasteiger partial charge in [0.1, 0.15) is 0 Å². The Kier molecular flexibility index (Phi) is 3.81. The molecule has 18 heavy (non-hydrogen) atoms. The van der Waals surface area contributed by atoms with E-state index in [4.69, 9.17) is 10.6 Å². The van der Waals surface area contributed by atoms with Crippen molar-refractivity contribution in [1.29, 1.82) is 0 Å². The van der Waals surface area contributed by atoms with Crippen LogP contribution in [0.4, 0.5) is 11.9 Å². The summed E-state index contributed by atoms with van der Waals surface area (Å²) < 4.78 is 5.32. The zero-order chi connectivity index (χ0) is 13.1. The summed E-state index contributed by atoms with van der Waals surface area (Å²) in [6.45, 7) is 8.76.